The molecule has 2 rings (SSSR count). The Kier molecular flexibility index (Phi) is 5.03. The SMILES string of the molecule is Cc1cc(C(=O)N2CCOCC2C)cc(C)c1OCC(=O)O. The molecule has 1 saturated heterocycles. The molecule has 0 aromatic heterocycles. The van der Waals surface area contributed by atoms with E-state index in [2.05, 4.69) is 0 Å². The third-order valence-electron chi connectivity index (χ3n) is 3.68. The Morgan fingerprint density at radius 2 is 2.00 bits per heavy atom. The number of amides is 1. The number of morpholine rings is 1. The third kappa shape index (κ3) is 3.57. The van der Waals surface area contributed by atoms with Crippen molar-refractivity contribution in [1.82, 2.24) is 4.90 Å². The van der Waals surface area contributed by atoms with E-state index in [0.717, 1.165) is 11.1 Å². The Bertz CT molecular complexity index is 561. The van der Waals surface area contributed by atoms with E-state index in [-0.39, 0.29) is 11.9 Å². The monoisotopic (exact) mass is 307 g/mol. The van der Waals surface area contributed by atoms with Gasteiger partial charge in [0, 0.05) is 12.1 Å². The van der Waals surface area contributed by atoms with E-state index in [9.17, 15) is 9.59 Å². The molecule has 0 spiro atoms. The standard InChI is InChI=1S/C16H21NO5/c1-10-6-13(7-11(2)15(10)22-9-14(18)19)16(20)17-4-5-21-8-12(17)3/h6-7,12H,4-5,8-9H2,1-3H3,(H,18,19). The number of ether oxygens (including phenoxy) is 2. The van der Waals surface area contributed by atoms with Crippen LogP contribution in [-0.4, -0.2) is 54.3 Å². The summed E-state index contributed by atoms with van der Waals surface area (Å²) in [6.07, 6.45) is 0. The van der Waals surface area contributed by atoms with Gasteiger partial charge in [-0.1, -0.05) is 0 Å². The molecular weight excluding hydrogens is 286 g/mol. The van der Waals surface area contributed by atoms with Crippen LogP contribution in [0.2, 0.25) is 0 Å². The molecule has 1 fully saturated rings. The second-order valence-corrected chi connectivity index (χ2v) is 5.54. The van der Waals surface area contributed by atoms with Gasteiger partial charge in [0.05, 0.1) is 19.3 Å². The van der Waals surface area contributed by atoms with E-state index >= 15 is 0 Å². The zero-order valence-electron chi connectivity index (χ0n) is 13.1. The molecule has 0 aliphatic carbocycles. The molecule has 1 amide bonds. The molecule has 1 aromatic rings. The van der Waals surface area contributed by atoms with Gasteiger partial charge in [0.1, 0.15) is 5.75 Å². The minimum absolute atomic E-state index is 0.0354. The number of rotatable bonds is 4. The first-order valence-electron chi connectivity index (χ1n) is 7.24. The number of carbonyl (C=O) groups is 2. The van der Waals surface area contributed by atoms with Gasteiger partial charge < -0.3 is 19.5 Å². The van der Waals surface area contributed by atoms with Gasteiger partial charge >= 0.3 is 5.97 Å². The van der Waals surface area contributed by atoms with Gasteiger partial charge in [-0.05, 0) is 44.0 Å². The number of aliphatic carboxylic acids is 1. The Hall–Kier alpha value is -2.08. The van der Waals surface area contributed by atoms with Crippen molar-refractivity contribution in [1.29, 1.82) is 0 Å². The van der Waals surface area contributed by atoms with Crippen molar-refractivity contribution in [2.24, 2.45) is 0 Å². The van der Waals surface area contributed by atoms with Crippen LogP contribution in [0.5, 0.6) is 5.75 Å². The first kappa shape index (κ1) is 16.3. The summed E-state index contributed by atoms with van der Waals surface area (Å²) >= 11 is 0. The summed E-state index contributed by atoms with van der Waals surface area (Å²) in [5.41, 5.74) is 2.10. The van der Waals surface area contributed by atoms with Crippen molar-refractivity contribution in [3.05, 3.63) is 28.8 Å². The van der Waals surface area contributed by atoms with E-state index in [1.165, 1.54) is 0 Å². The Morgan fingerprint density at radius 3 is 2.55 bits per heavy atom. The molecule has 1 aliphatic rings. The maximum absolute atomic E-state index is 12.6. The lowest BCUT2D eigenvalue weighted by atomic mass is 10.0. The topological polar surface area (TPSA) is 76.1 Å². The predicted molar refractivity (Wildman–Crippen MR) is 80.4 cm³/mol. The number of hydrogen-bond acceptors (Lipinski definition) is 4. The van der Waals surface area contributed by atoms with Crippen LogP contribution < -0.4 is 4.74 Å². The minimum Gasteiger partial charge on any atom is -0.481 e. The highest BCUT2D eigenvalue weighted by Crippen LogP contribution is 2.26. The van der Waals surface area contributed by atoms with Crippen molar-refractivity contribution in [3.63, 3.8) is 0 Å². The molecule has 0 saturated carbocycles. The molecule has 1 unspecified atom stereocenters. The fourth-order valence-electron chi connectivity index (χ4n) is 2.63. The second kappa shape index (κ2) is 6.79. The minimum atomic E-state index is -1.03. The average Bonchev–Trinajstić information content (AvgIpc) is 2.45. The largest absolute Gasteiger partial charge is 0.481 e. The van der Waals surface area contributed by atoms with Crippen molar-refractivity contribution >= 4 is 11.9 Å². The van der Waals surface area contributed by atoms with Crippen LogP contribution in [0.3, 0.4) is 0 Å². The fourth-order valence-corrected chi connectivity index (χ4v) is 2.63. The molecule has 6 nitrogen and oxygen atoms in total. The quantitative estimate of drug-likeness (QED) is 0.915. The average molecular weight is 307 g/mol. The van der Waals surface area contributed by atoms with Gasteiger partial charge in [0.2, 0.25) is 0 Å². The molecule has 1 heterocycles. The van der Waals surface area contributed by atoms with Crippen LogP contribution in [0.15, 0.2) is 12.1 Å². The molecule has 1 N–H and O–H groups in total. The van der Waals surface area contributed by atoms with Gasteiger partial charge in [0.25, 0.3) is 5.91 Å². The van der Waals surface area contributed by atoms with Crippen LogP contribution in [0.25, 0.3) is 0 Å². The number of carboxylic acid groups (broad SMARTS) is 1. The zero-order chi connectivity index (χ0) is 16.3. The van der Waals surface area contributed by atoms with E-state index in [1.807, 2.05) is 20.8 Å². The fraction of sp³-hybridized carbons (Fsp3) is 0.500. The van der Waals surface area contributed by atoms with E-state index in [4.69, 9.17) is 14.6 Å². The molecule has 6 heteroatoms. The van der Waals surface area contributed by atoms with E-state index in [1.54, 1.807) is 17.0 Å². The zero-order valence-corrected chi connectivity index (χ0v) is 13.1. The molecule has 120 valence electrons. The van der Waals surface area contributed by atoms with Gasteiger partial charge in [-0.3, -0.25) is 4.79 Å². The van der Waals surface area contributed by atoms with Crippen LogP contribution in [-0.2, 0) is 9.53 Å². The number of nitrogens with zero attached hydrogens (tertiary/aromatic N) is 1. The Balaban J connectivity index is 2.21. The normalized spacial score (nSPS) is 18.1. The van der Waals surface area contributed by atoms with Crippen LogP contribution >= 0.6 is 0 Å². The summed E-state index contributed by atoms with van der Waals surface area (Å²) in [7, 11) is 0. The highest BCUT2D eigenvalue weighted by atomic mass is 16.5. The third-order valence-corrected chi connectivity index (χ3v) is 3.68. The smallest absolute Gasteiger partial charge is 0.341 e. The molecule has 1 atom stereocenters. The van der Waals surface area contributed by atoms with E-state index < -0.39 is 12.6 Å². The first-order valence-corrected chi connectivity index (χ1v) is 7.24. The molecule has 1 aliphatic heterocycles. The summed E-state index contributed by atoms with van der Waals surface area (Å²) < 4.78 is 10.6. The summed E-state index contributed by atoms with van der Waals surface area (Å²) in [6, 6.07) is 3.54. The maximum Gasteiger partial charge on any atom is 0.341 e. The summed E-state index contributed by atoms with van der Waals surface area (Å²) in [5.74, 6) is -0.540. The van der Waals surface area contributed by atoms with Crippen LogP contribution in [0.4, 0.5) is 0 Å². The second-order valence-electron chi connectivity index (χ2n) is 5.54. The van der Waals surface area contributed by atoms with Crippen molar-refractivity contribution in [2.75, 3.05) is 26.4 Å². The molecule has 22 heavy (non-hydrogen) atoms. The van der Waals surface area contributed by atoms with Gasteiger partial charge in [-0.25, -0.2) is 4.79 Å². The number of benzene rings is 1. The molecule has 0 bridgehead atoms. The lowest BCUT2D eigenvalue weighted by molar-refractivity contribution is -0.139. The lowest BCUT2D eigenvalue weighted by Crippen LogP contribution is -2.47. The Labute approximate surface area is 129 Å². The maximum atomic E-state index is 12.6. The number of carboxylic acids is 1. The Morgan fingerprint density at radius 1 is 1.36 bits per heavy atom. The van der Waals surface area contributed by atoms with E-state index in [0.29, 0.717) is 31.1 Å². The van der Waals surface area contributed by atoms with Gasteiger partial charge in [0.15, 0.2) is 6.61 Å². The molecule has 0 radical (unpaired) electrons. The molecule has 1 aromatic carbocycles. The van der Waals surface area contributed by atoms with Crippen LogP contribution in [0.1, 0.15) is 28.4 Å². The summed E-state index contributed by atoms with van der Waals surface area (Å²) in [6.45, 7) is 6.86. The van der Waals surface area contributed by atoms with Crippen molar-refractivity contribution < 1.29 is 24.2 Å². The summed E-state index contributed by atoms with van der Waals surface area (Å²) in [4.78, 5) is 25.0. The first-order chi connectivity index (χ1) is 10.4. The van der Waals surface area contributed by atoms with Gasteiger partial charge in [-0.2, -0.15) is 0 Å². The number of aryl methyl sites for hydroxylation is 2. The predicted octanol–water partition coefficient (Wildman–Crippen LogP) is 1.63. The highest BCUT2D eigenvalue weighted by Gasteiger charge is 2.25. The highest BCUT2D eigenvalue weighted by molar-refractivity contribution is 5.95. The van der Waals surface area contributed by atoms with Crippen molar-refractivity contribution in [3.8, 4) is 5.75 Å². The number of hydrogen-bond donors (Lipinski definition) is 1. The lowest BCUT2D eigenvalue weighted by Gasteiger charge is -2.33. The van der Waals surface area contributed by atoms with Crippen LogP contribution in [0, 0.1) is 13.8 Å². The number of carbonyl (C=O) groups excluding carboxylic acids is 1. The molecular formula is C16H21NO5. The summed E-state index contributed by atoms with van der Waals surface area (Å²) in [5, 5.41) is 8.70. The van der Waals surface area contributed by atoms with Gasteiger partial charge in [-0.15, -0.1) is 0 Å². The van der Waals surface area contributed by atoms with Crippen molar-refractivity contribution in [2.45, 2.75) is 26.8 Å².